The van der Waals surface area contributed by atoms with E-state index in [-0.39, 0.29) is 18.4 Å². The molecule has 0 spiro atoms. The lowest BCUT2D eigenvalue weighted by atomic mass is 10.2. The molecule has 1 rings (SSSR count). The summed E-state index contributed by atoms with van der Waals surface area (Å²) in [5, 5.41) is 13.1. The molecule has 0 saturated heterocycles. The molecule has 88 valence electrons. The molecular weight excluding hydrogens is 294 g/mol. The fraction of sp³-hybridized carbons (Fsp3) is 0.400. The summed E-state index contributed by atoms with van der Waals surface area (Å²) in [4.78, 5) is 22.7. The zero-order valence-corrected chi connectivity index (χ0v) is 11.1. The molecule has 16 heavy (non-hydrogen) atoms. The van der Waals surface area contributed by atoms with Gasteiger partial charge in [0.1, 0.15) is 4.88 Å². The van der Waals surface area contributed by atoms with Crippen LogP contribution in [0.4, 0.5) is 0 Å². The topological polar surface area (TPSA) is 66.4 Å². The Morgan fingerprint density at radius 3 is 2.81 bits per heavy atom. The van der Waals surface area contributed by atoms with Crippen LogP contribution in [0.5, 0.6) is 0 Å². The summed E-state index contributed by atoms with van der Waals surface area (Å²) in [6.07, 6.45) is 0.497. The van der Waals surface area contributed by atoms with Crippen molar-refractivity contribution in [3.05, 3.63) is 20.8 Å². The molecule has 1 aromatic heterocycles. The number of carbonyl (C=O) groups excluding carboxylic acids is 1. The molecule has 0 aliphatic rings. The molecule has 0 fully saturated rings. The van der Waals surface area contributed by atoms with Crippen LogP contribution in [0.3, 0.4) is 0 Å². The van der Waals surface area contributed by atoms with Gasteiger partial charge in [0.05, 0.1) is 0 Å². The Bertz CT molecular complexity index is 391. The van der Waals surface area contributed by atoms with Gasteiger partial charge < -0.3 is 10.4 Å². The normalized spacial score (nSPS) is 12.1. The van der Waals surface area contributed by atoms with Gasteiger partial charge in [-0.25, -0.2) is 0 Å². The minimum absolute atomic E-state index is 0.0626. The van der Waals surface area contributed by atoms with E-state index in [2.05, 4.69) is 21.2 Å². The Morgan fingerprint density at radius 1 is 1.62 bits per heavy atom. The highest BCUT2D eigenvalue weighted by Gasteiger charge is 2.14. The Balaban J connectivity index is 2.46. The van der Waals surface area contributed by atoms with Crippen LogP contribution in [0.25, 0.3) is 0 Å². The summed E-state index contributed by atoms with van der Waals surface area (Å²) >= 11 is 4.62. The molecular formula is C10H12BrNO3S. The van der Waals surface area contributed by atoms with E-state index >= 15 is 0 Å². The Kier molecular flexibility index (Phi) is 4.95. The Hall–Kier alpha value is -0.880. The summed E-state index contributed by atoms with van der Waals surface area (Å²) in [6.45, 7) is 1.79. The lowest BCUT2D eigenvalue weighted by molar-refractivity contribution is -0.137. The third-order valence-electron chi connectivity index (χ3n) is 1.99. The molecule has 1 amide bonds. The first-order valence-electron chi connectivity index (χ1n) is 4.76. The van der Waals surface area contributed by atoms with Crippen LogP contribution >= 0.6 is 27.3 Å². The number of aliphatic carboxylic acids is 1. The monoisotopic (exact) mass is 305 g/mol. The summed E-state index contributed by atoms with van der Waals surface area (Å²) in [5.74, 6) is -1.02. The van der Waals surface area contributed by atoms with Crippen molar-refractivity contribution in [3.63, 3.8) is 0 Å². The molecule has 6 heteroatoms. The predicted molar refractivity (Wildman–Crippen MR) is 65.8 cm³/mol. The van der Waals surface area contributed by atoms with Crippen molar-refractivity contribution < 1.29 is 14.7 Å². The molecule has 0 aliphatic carbocycles. The second-order valence-electron chi connectivity index (χ2n) is 3.40. The third kappa shape index (κ3) is 3.94. The minimum Gasteiger partial charge on any atom is -0.481 e. The number of carboxylic acids is 1. The fourth-order valence-corrected chi connectivity index (χ4v) is 2.61. The van der Waals surface area contributed by atoms with Crippen molar-refractivity contribution in [2.75, 3.05) is 0 Å². The zero-order chi connectivity index (χ0) is 12.1. The van der Waals surface area contributed by atoms with Crippen LogP contribution in [-0.2, 0) is 4.79 Å². The maximum absolute atomic E-state index is 11.7. The van der Waals surface area contributed by atoms with Gasteiger partial charge in [-0.3, -0.25) is 9.59 Å². The molecule has 0 aliphatic heterocycles. The van der Waals surface area contributed by atoms with Crippen molar-refractivity contribution >= 4 is 39.1 Å². The minimum atomic E-state index is -0.849. The first-order chi connectivity index (χ1) is 7.50. The van der Waals surface area contributed by atoms with Gasteiger partial charge in [-0.1, -0.05) is 0 Å². The van der Waals surface area contributed by atoms with Crippen LogP contribution in [0.15, 0.2) is 15.9 Å². The SMILES string of the molecule is C[C@@H](CCC(=O)O)NC(=O)c1sccc1Br. The molecule has 1 atom stereocenters. The van der Waals surface area contributed by atoms with Gasteiger partial charge in [0, 0.05) is 16.9 Å². The predicted octanol–water partition coefficient (Wildman–Crippen LogP) is 2.49. The number of hydrogen-bond donors (Lipinski definition) is 2. The van der Waals surface area contributed by atoms with Gasteiger partial charge in [0.25, 0.3) is 5.91 Å². The molecule has 0 aromatic carbocycles. The highest BCUT2D eigenvalue weighted by molar-refractivity contribution is 9.10. The van der Waals surface area contributed by atoms with E-state index in [1.165, 1.54) is 11.3 Å². The highest BCUT2D eigenvalue weighted by Crippen LogP contribution is 2.22. The van der Waals surface area contributed by atoms with E-state index in [0.29, 0.717) is 11.3 Å². The largest absolute Gasteiger partial charge is 0.481 e. The number of halogens is 1. The lowest BCUT2D eigenvalue weighted by Crippen LogP contribution is -2.32. The van der Waals surface area contributed by atoms with Gasteiger partial charge in [-0.15, -0.1) is 11.3 Å². The van der Waals surface area contributed by atoms with Crippen LogP contribution in [0.2, 0.25) is 0 Å². The van der Waals surface area contributed by atoms with E-state index in [9.17, 15) is 9.59 Å². The van der Waals surface area contributed by atoms with Crippen molar-refractivity contribution in [3.8, 4) is 0 Å². The molecule has 0 unspecified atom stereocenters. The van der Waals surface area contributed by atoms with Crippen molar-refractivity contribution in [2.24, 2.45) is 0 Å². The summed E-state index contributed by atoms with van der Waals surface area (Å²) in [5.41, 5.74) is 0. The van der Waals surface area contributed by atoms with Crippen LogP contribution in [0, 0.1) is 0 Å². The number of thiophene rings is 1. The number of nitrogens with one attached hydrogen (secondary N) is 1. The van der Waals surface area contributed by atoms with Crippen LogP contribution in [-0.4, -0.2) is 23.0 Å². The first kappa shape index (κ1) is 13.2. The second kappa shape index (κ2) is 6.00. The molecule has 1 heterocycles. The van der Waals surface area contributed by atoms with Gasteiger partial charge in [-0.2, -0.15) is 0 Å². The van der Waals surface area contributed by atoms with Crippen LogP contribution < -0.4 is 5.32 Å². The van der Waals surface area contributed by atoms with Gasteiger partial charge in [-0.05, 0) is 40.7 Å². The lowest BCUT2D eigenvalue weighted by Gasteiger charge is -2.11. The van der Waals surface area contributed by atoms with Crippen molar-refractivity contribution in [2.45, 2.75) is 25.8 Å². The van der Waals surface area contributed by atoms with Gasteiger partial charge in [0.15, 0.2) is 0 Å². The second-order valence-corrected chi connectivity index (χ2v) is 5.18. The standard InChI is InChI=1S/C10H12BrNO3S/c1-6(2-3-8(13)14)12-10(15)9-7(11)4-5-16-9/h4-6H,2-3H2,1H3,(H,12,15)(H,13,14)/t6-/m0/s1. The van der Waals surface area contributed by atoms with E-state index in [1.54, 1.807) is 6.92 Å². The molecule has 0 saturated carbocycles. The maximum atomic E-state index is 11.7. The van der Waals surface area contributed by atoms with E-state index in [1.807, 2.05) is 11.4 Å². The Labute approximate surface area is 106 Å². The van der Waals surface area contributed by atoms with E-state index < -0.39 is 5.97 Å². The smallest absolute Gasteiger partial charge is 0.303 e. The van der Waals surface area contributed by atoms with E-state index in [4.69, 9.17) is 5.11 Å². The first-order valence-corrected chi connectivity index (χ1v) is 6.43. The number of carbonyl (C=O) groups is 2. The number of carboxylic acid groups (broad SMARTS) is 1. The third-order valence-corrected chi connectivity index (χ3v) is 3.83. The number of amides is 1. The summed E-state index contributed by atoms with van der Waals surface area (Å²) in [7, 11) is 0. The number of rotatable bonds is 5. The van der Waals surface area contributed by atoms with Crippen molar-refractivity contribution in [1.29, 1.82) is 0 Å². The summed E-state index contributed by atoms with van der Waals surface area (Å²) < 4.78 is 0.764. The van der Waals surface area contributed by atoms with Crippen LogP contribution in [0.1, 0.15) is 29.4 Å². The van der Waals surface area contributed by atoms with Gasteiger partial charge in [0.2, 0.25) is 0 Å². The molecule has 0 radical (unpaired) electrons. The van der Waals surface area contributed by atoms with E-state index in [0.717, 1.165) is 4.47 Å². The Morgan fingerprint density at radius 2 is 2.31 bits per heavy atom. The number of hydrogen-bond acceptors (Lipinski definition) is 3. The maximum Gasteiger partial charge on any atom is 0.303 e. The fourth-order valence-electron chi connectivity index (χ4n) is 1.16. The zero-order valence-electron chi connectivity index (χ0n) is 8.70. The average Bonchev–Trinajstić information content (AvgIpc) is 2.61. The molecule has 1 aromatic rings. The average molecular weight is 306 g/mol. The quantitative estimate of drug-likeness (QED) is 0.878. The molecule has 0 bridgehead atoms. The summed E-state index contributed by atoms with van der Waals surface area (Å²) in [6, 6.07) is 1.67. The van der Waals surface area contributed by atoms with Crippen molar-refractivity contribution in [1.82, 2.24) is 5.32 Å². The highest BCUT2D eigenvalue weighted by atomic mass is 79.9. The van der Waals surface area contributed by atoms with Gasteiger partial charge >= 0.3 is 5.97 Å². The molecule has 2 N–H and O–H groups in total. The molecule has 4 nitrogen and oxygen atoms in total.